The van der Waals surface area contributed by atoms with Gasteiger partial charge in [0, 0.05) is 23.3 Å². The molecule has 0 saturated heterocycles. The van der Waals surface area contributed by atoms with Crippen LogP contribution in [0.4, 0.5) is 5.13 Å². The predicted molar refractivity (Wildman–Crippen MR) is 98.4 cm³/mol. The number of anilines is 1. The van der Waals surface area contributed by atoms with Crippen LogP contribution >= 0.6 is 11.3 Å². The molecule has 0 aliphatic heterocycles. The van der Waals surface area contributed by atoms with Gasteiger partial charge in [-0.15, -0.1) is 11.3 Å². The van der Waals surface area contributed by atoms with E-state index >= 15 is 0 Å². The van der Waals surface area contributed by atoms with E-state index in [0.717, 1.165) is 5.56 Å². The van der Waals surface area contributed by atoms with Gasteiger partial charge in [0.2, 0.25) is 0 Å². The van der Waals surface area contributed by atoms with Crippen molar-refractivity contribution in [1.29, 1.82) is 0 Å². The molecule has 0 saturated carbocycles. The molecule has 0 fully saturated rings. The zero-order valence-electron chi connectivity index (χ0n) is 13.7. The monoisotopic (exact) mass is 375 g/mol. The van der Waals surface area contributed by atoms with E-state index in [0.29, 0.717) is 16.6 Å². The summed E-state index contributed by atoms with van der Waals surface area (Å²) in [5.41, 5.74) is 1.58. The molecule has 130 valence electrons. The van der Waals surface area contributed by atoms with Gasteiger partial charge in [-0.1, -0.05) is 0 Å². The topological polar surface area (TPSA) is 81.2 Å². The van der Waals surface area contributed by atoms with E-state index in [4.69, 9.17) is 4.74 Å². The van der Waals surface area contributed by atoms with E-state index in [2.05, 4.69) is 14.7 Å². The number of nitrogens with one attached hydrogen (secondary N) is 1. The Morgan fingerprint density at radius 2 is 1.76 bits per heavy atom. The molecule has 1 N–H and O–H groups in total. The average Bonchev–Trinajstić information content (AvgIpc) is 3.03. The largest absolute Gasteiger partial charge is 0.491 e. The molecule has 1 aromatic carbocycles. The fourth-order valence-corrected chi connectivity index (χ4v) is 4.09. The Labute approximate surface area is 150 Å². The number of hydrogen-bond donors (Lipinski definition) is 1. The molecule has 6 nitrogen and oxygen atoms in total. The number of sulfonamides is 1. The van der Waals surface area contributed by atoms with Crippen LogP contribution in [0.5, 0.6) is 5.75 Å². The highest BCUT2D eigenvalue weighted by Gasteiger charge is 2.16. The van der Waals surface area contributed by atoms with Crippen molar-refractivity contribution in [3.05, 3.63) is 54.2 Å². The molecule has 0 bridgehead atoms. The van der Waals surface area contributed by atoms with Gasteiger partial charge in [-0.2, -0.15) is 0 Å². The van der Waals surface area contributed by atoms with Crippen molar-refractivity contribution in [2.45, 2.75) is 24.8 Å². The number of benzene rings is 1. The molecule has 3 aromatic rings. The maximum atomic E-state index is 12.5. The van der Waals surface area contributed by atoms with E-state index in [-0.39, 0.29) is 11.0 Å². The maximum Gasteiger partial charge on any atom is 0.263 e. The normalized spacial score (nSPS) is 11.5. The molecule has 8 heteroatoms. The molecular weight excluding hydrogens is 358 g/mol. The number of rotatable bonds is 6. The molecule has 0 unspecified atom stereocenters. The van der Waals surface area contributed by atoms with Crippen LogP contribution in [0.15, 0.2) is 59.1 Å². The first-order chi connectivity index (χ1) is 11.9. The SMILES string of the molecule is CC(C)Oc1ccc(S(=O)(=O)Nc2nc(-c3ccncc3)cs2)cc1. The maximum absolute atomic E-state index is 12.5. The molecular formula is C17H17N3O3S2. The molecule has 3 rings (SSSR count). The molecule has 0 radical (unpaired) electrons. The van der Waals surface area contributed by atoms with Crippen molar-refractivity contribution in [1.82, 2.24) is 9.97 Å². The molecule has 2 aromatic heterocycles. The van der Waals surface area contributed by atoms with Crippen molar-refractivity contribution in [2.75, 3.05) is 4.72 Å². The Kier molecular flexibility index (Phi) is 5.00. The first-order valence-corrected chi connectivity index (χ1v) is 9.96. The van der Waals surface area contributed by atoms with E-state index in [1.54, 1.807) is 29.9 Å². The fourth-order valence-electron chi connectivity index (χ4n) is 2.12. The molecule has 0 atom stereocenters. The van der Waals surface area contributed by atoms with Crippen LogP contribution in [0.25, 0.3) is 11.3 Å². The second-order valence-corrected chi connectivity index (χ2v) is 8.06. The summed E-state index contributed by atoms with van der Waals surface area (Å²) in [6.45, 7) is 3.82. The van der Waals surface area contributed by atoms with Gasteiger partial charge in [-0.25, -0.2) is 13.4 Å². The molecule has 0 aliphatic carbocycles. The van der Waals surface area contributed by atoms with Gasteiger partial charge in [-0.3, -0.25) is 9.71 Å². The highest BCUT2D eigenvalue weighted by Crippen LogP contribution is 2.26. The average molecular weight is 375 g/mol. The lowest BCUT2D eigenvalue weighted by Crippen LogP contribution is -2.13. The number of hydrogen-bond acceptors (Lipinski definition) is 6. The van der Waals surface area contributed by atoms with E-state index in [9.17, 15) is 8.42 Å². The smallest absolute Gasteiger partial charge is 0.263 e. The van der Waals surface area contributed by atoms with Gasteiger partial charge >= 0.3 is 0 Å². The Morgan fingerprint density at radius 3 is 2.40 bits per heavy atom. The minimum atomic E-state index is -3.70. The quantitative estimate of drug-likeness (QED) is 0.709. The summed E-state index contributed by atoms with van der Waals surface area (Å²) in [5.74, 6) is 0.628. The van der Waals surface area contributed by atoms with Crippen molar-refractivity contribution in [2.24, 2.45) is 0 Å². The Morgan fingerprint density at radius 1 is 1.08 bits per heavy atom. The number of nitrogens with zero attached hydrogens (tertiary/aromatic N) is 2. The van der Waals surface area contributed by atoms with Crippen molar-refractivity contribution in [3.63, 3.8) is 0 Å². The molecule has 2 heterocycles. The summed E-state index contributed by atoms with van der Waals surface area (Å²) in [6, 6.07) is 9.94. The summed E-state index contributed by atoms with van der Waals surface area (Å²) in [4.78, 5) is 8.44. The minimum absolute atomic E-state index is 0.0301. The van der Waals surface area contributed by atoms with Crippen LogP contribution in [-0.4, -0.2) is 24.5 Å². The van der Waals surface area contributed by atoms with Gasteiger partial charge in [0.1, 0.15) is 5.75 Å². The van der Waals surface area contributed by atoms with Gasteiger partial charge in [0.25, 0.3) is 10.0 Å². The number of pyridine rings is 1. The number of thiazole rings is 1. The van der Waals surface area contributed by atoms with Crippen LogP contribution in [0.1, 0.15) is 13.8 Å². The zero-order valence-corrected chi connectivity index (χ0v) is 15.3. The highest BCUT2D eigenvalue weighted by molar-refractivity contribution is 7.93. The van der Waals surface area contributed by atoms with Crippen molar-refractivity contribution in [3.8, 4) is 17.0 Å². The van der Waals surface area contributed by atoms with Crippen molar-refractivity contribution < 1.29 is 13.2 Å². The highest BCUT2D eigenvalue weighted by atomic mass is 32.2. The van der Waals surface area contributed by atoms with Crippen LogP contribution < -0.4 is 9.46 Å². The Balaban J connectivity index is 1.77. The van der Waals surface area contributed by atoms with Crippen LogP contribution in [0.2, 0.25) is 0 Å². The first-order valence-electron chi connectivity index (χ1n) is 7.59. The molecule has 25 heavy (non-hydrogen) atoms. The predicted octanol–water partition coefficient (Wildman–Crippen LogP) is 3.79. The summed E-state index contributed by atoms with van der Waals surface area (Å²) < 4.78 is 33.0. The molecule has 0 amide bonds. The third-order valence-electron chi connectivity index (χ3n) is 3.21. The first kappa shape index (κ1) is 17.4. The second kappa shape index (κ2) is 7.20. The lowest BCUT2D eigenvalue weighted by Gasteiger charge is -2.10. The standard InChI is InChI=1S/C17H17N3O3S2/c1-12(2)23-14-3-5-15(6-4-14)25(21,22)20-17-19-16(11-24-17)13-7-9-18-10-8-13/h3-12H,1-2H3,(H,19,20). The fraction of sp³-hybridized carbons (Fsp3) is 0.176. The third kappa shape index (κ3) is 4.34. The number of aromatic nitrogens is 2. The Bertz CT molecular complexity index is 937. The Hall–Kier alpha value is -2.45. The van der Waals surface area contributed by atoms with E-state index < -0.39 is 10.0 Å². The lowest BCUT2D eigenvalue weighted by atomic mass is 10.2. The third-order valence-corrected chi connectivity index (χ3v) is 5.45. The second-order valence-electron chi connectivity index (χ2n) is 5.52. The molecule has 0 aliphatic rings. The van der Waals surface area contributed by atoms with Crippen LogP contribution in [0, 0.1) is 0 Å². The summed E-state index contributed by atoms with van der Waals surface area (Å²) >= 11 is 1.23. The van der Waals surface area contributed by atoms with E-state index in [1.807, 2.05) is 26.0 Å². The summed E-state index contributed by atoms with van der Waals surface area (Å²) in [7, 11) is -3.70. The van der Waals surface area contributed by atoms with Gasteiger partial charge < -0.3 is 4.74 Å². The lowest BCUT2D eigenvalue weighted by molar-refractivity contribution is 0.242. The van der Waals surface area contributed by atoms with Gasteiger partial charge in [0.15, 0.2) is 5.13 Å². The summed E-state index contributed by atoms with van der Waals surface area (Å²) in [5, 5.41) is 2.11. The van der Waals surface area contributed by atoms with Crippen LogP contribution in [-0.2, 0) is 10.0 Å². The minimum Gasteiger partial charge on any atom is -0.491 e. The van der Waals surface area contributed by atoms with Crippen molar-refractivity contribution >= 4 is 26.5 Å². The van der Waals surface area contributed by atoms with Gasteiger partial charge in [-0.05, 0) is 50.2 Å². The summed E-state index contributed by atoms with van der Waals surface area (Å²) in [6.07, 6.45) is 3.36. The zero-order chi connectivity index (χ0) is 17.9. The number of ether oxygens (including phenoxy) is 1. The van der Waals surface area contributed by atoms with E-state index in [1.165, 1.54) is 23.5 Å². The molecule has 0 spiro atoms. The van der Waals surface area contributed by atoms with Gasteiger partial charge in [0.05, 0.1) is 16.7 Å². The van der Waals surface area contributed by atoms with Crippen LogP contribution in [0.3, 0.4) is 0 Å².